The molecule has 0 aromatic heterocycles. The summed E-state index contributed by atoms with van der Waals surface area (Å²) < 4.78 is 15.9. The number of nitrogens with one attached hydrogen (secondary N) is 1. The Hall–Kier alpha value is -0.710. The first-order chi connectivity index (χ1) is 9.02. The van der Waals surface area contributed by atoms with Crippen molar-refractivity contribution < 1.29 is 4.39 Å². The van der Waals surface area contributed by atoms with Gasteiger partial charge in [0, 0.05) is 14.5 Å². The molecule has 0 saturated heterocycles. The van der Waals surface area contributed by atoms with E-state index < -0.39 is 0 Å². The number of hydrogen-bond acceptors (Lipinski definition) is 1. The molecule has 0 spiro atoms. The van der Waals surface area contributed by atoms with Crippen LogP contribution >= 0.6 is 31.9 Å². The Morgan fingerprint density at radius 3 is 2.47 bits per heavy atom. The maximum Gasteiger partial charge on any atom is 0.128 e. The van der Waals surface area contributed by atoms with Crippen LogP contribution < -0.4 is 5.32 Å². The van der Waals surface area contributed by atoms with Gasteiger partial charge in [-0.3, -0.25) is 0 Å². The second-order valence-corrected chi connectivity index (χ2v) is 6.17. The van der Waals surface area contributed by atoms with E-state index in [9.17, 15) is 4.39 Å². The van der Waals surface area contributed by atoms with Crippen LogP contribution in [0.1, 0.15) is 22.7 Å². The summed E-state index contributed by atoms with van der Waals surface area (Å²) in [5.74, 6) is -0.209. The van der Waals surface area contributed by atoms with Crippen LogP contribution in [-0.2, 0) is 0 Å². The van der Waals surface area contributed by atoms with Crippen molar-refractivity contribution in [1.29, 1.82) is 0 Å². The van der Waals surface area contributed by atoms with E-state index >= 15 is 0 Å². The summed E-state index contributed by atoms with van der Waals surface area (Å²) in [7, 11) is 1.83. The van der Waals surface area contributed by atoms with E-state index in [0.29, 0.717) is 5.56 Å². The minimum atomic E-state index is -0.209. The molecule has 2 rings (SSSR count). The quantitative estimate of drug-likeness (QED) is 0.785. The average molecular weight is 387 g/mol. The van der Waals surface area contributed by atoms with Gasteiger partial charge in [-0.05, 0) is 49.4 Å². The van der Waals surface area contributed by atoms with Crippen molar-refractivity contribution in [2.24, 2.45) is 0 Å². The van der Waals surface area contributed by atoms with Crippen LogP contribution in [-0.4, -0.2) is 7.05 Å². The molecule has 0 radical (unpaired) electrons. The fourth-order valence-corrected chi connectivity index (χ4v) is 2.80. The van der Waals surface area contributed by atoms with Crippen LogP contribution in [0.3, 0.4) is 0 Å². The van der Waals surface area contributed by atoms with Gasteiger partial charge in [0.25, 0.3) is 0 Å². The number of rotatable bonds is 3. The predicted molar refractivity (Wildman–Crippen MR) is 83.9 cm³/mol. The van der Waals surface area contributed by atoms with Gasteiger partial charge >= 0.3 is 0 Å². The van der Waals surface area contributed by atoms with E-state index in [-0.39, 0.29) is 11.9 Å². The van der Waals surface area contributed by atoms with E-state index in [0.717, 1.165) is 20.1 Å². The highest BCUT2D eigenvalue weighted by Crippen LogP contribution is 2.29. The fourth-order valence-electron chi connectivity index (χ4n) is 2.03. The van der Waals surface area contributed by atoms with Crippen LogP contribution in [0.2, 0.25) is 0 Å². The van der Waals surface area contributed by atoms with Crippen molar-refractivity contribution in [3.8, 4) is 0 Å². The second kappa shape index (κ2) is 6.16. The lowest BCUT2D eigenvalue weighted by molar-refractivity contribution is 0.575. The summed E-state index contributed by atoms with van der Waals surface area (Å²) in [6, 6.07) is 10.9. The van der Waals surface area contributed by atoms with E-state index in [1.54, 1.807) is 6.07 Å². The number of hydrogen-bond donors (Lipinski definition) is 1. The van der Waals surface area contributed by atoms with Crippen LogP contribution in [0.4, 0.5) is 4.39 Å². The van der Waals surface area contributed by atoms with E-state index in [4.69, 9.17) is 0 Å². The highest BCUT2D eigenvalue weighted by Gasteiger charge is 2.17. The van der Waals surface area contributed by atoms with Crippen molar-refractivity contribution in [1.82, 2.24) is 5.32 Å². The van der Waals surface area contributed by atoms with Gasteiger partial charge in [-0.2, -0.15) is 0 Å². The number of benzene rings is 2. The molecule has 0 fully saturated rings. The van der Waals surface area contributed by atoms with E-state index in [1.165, 1.54) is 6.07 Å². The summed E-state index contributed by atoms with van der Waals surface area (Å²) in [6.07, 6.45) is 0. The molecule has 1 atom stereocenters. The lowest BCUT2D eigenvalue weighted by Gasteiger charge is -2.19. The molecule has 1 unspecified atom stereocenters. The van der Waals surface area contributed by atoms with Gasteiger partial charge in [0.1, 0.15) is 5.82 Å². The molecule has 2 aromatic carbocycles. The highest BCUT2D eigenvalue weighted by atomic mass is 79.9. The Labute approximate surface area is 129 Å². The van der Waals surface area contributed by atoms with Crippen molar-refractivity contribution >= 4 is 31.9 Å². The standard InChI is InChI=1S/C15H14Br2FN/c1-9-3-4-10(7-13(9)17)15(19-2)12-8-11(16)5-6-14(12)18/h3-8,15,19H,1-2H3. The Morgan fingerprint density at radius 1 is 1.11 bits per heavy atom. The van der Waals surface area contributed by atoms with Gasteiger partial charge in [-0.1, -0.05) is 44.0 Å². The molecule has 1 N–H and O–H groups in total. The molecule has 0 bridgehead atoms. The Balaban J connectivity index is 2.49. The topological polar surface area (TPSA) is 12.0 Å². The number of halogens is 3. The van der Waals surface area contributed by atoms with Crippen LogP contribution in [0.15, 0.2) is 45.3 Å². The largest absolute Gasteiger partial charge is 0.309 e. The first-order valence-corrected chi connectivity index (χ1v) is 7.50. The zero-order valence-corrected chi connectivity index (χ0v) is 13.8. The normalized spacial score (nSPS) is 12.5. The smallest absolute Gasteiger partial charge is 0.128 e. The van der Waals surface area contributed by atoms with E-state index in [1.807, 2.05) is 38.2 Å². The molecule has 4 heteroatoms. The monoisotopic (exact) mass is 385 g/mol. The molecule has 0 saturated carbocycles. The summed E-state index contributed by atoms with van der Waals surface area (Å²) >= 11 is 6.91. The molecular formula is C15H14Br2FN. The Kier molecular flexibility index (Phi) is 4.76. The predicted octanol–water partition coefficient (Wildman–Crippen LogP) is 4.97. The van der Waals surface area contributed by atoms with Gasteiger partial charge in [0.15, 0.2) is 0 Å². The van der Waals surface area contributed by atoms with Crippen molar-refractivity contribution in [2.75, 3.05) is 7.05 Å². The lowest BCUT2D eigenvalue weighted by atomic mass is 9.97. The summed E-state index contributed by atoms with van der Waals surface area (Å²) in [4.78, 5) is 0. The fraction of sp³-hybridized carbons (Fsp3) is 0.200. The van der Waals surface area contributed by atoms with Crippen molar-refractivity contribution in [2.45, 2.75) is 13.0 Å². The minimum Gasteiger partial charge on any atom is -0.309 e. The first kappa shape index (κ1) is 14.7. The minimum absolute atomic E-state index is 0.172. The molecule has 0 aliphatic heterocycles. The van der Waals surface area contributed by atoms with Gasteiger partial charge in [-0.15, -0.1) is 0 Å². The zero-order chi connectivity index (χ0) is 14.0. The number of aryl methyl sites for hydroxylation is 1. The zero-order valence-electron chi connectivity index (χ0n) is 10.7. The molecule has 2 aromatic rings. The van der Waals surface area contributed by atoms with Gasteiger partial charge in [0.05, 0.1) is 6.04 Å². The summed E-state index contributed by atoms with van der Waals surface area (Å²) in [5, 5.41) is 3.17. The van der Waals surface area contributed by atoms with Crippen molar-refractivity contribution in [3.05, 3.63) is 67.9 Å². The van der Waals surface area contributed by atoms with Crippen LogP contribution in [0, 0.1) is 12.7 Å². The molecule has 0 aliphatic carbocycles. The Bertz CT molecular complexity index is 599. The van der Waals surface area contributed by atoms with Crippen molar-refractivity contribution in [3.63, 3.8) is 0 Å². The van der Waals surface area contributed by atoms with Gasteiger partial charge < -0.3 is 5.32 Å². The van der Waals surface area contributed by atoms with E-state index in [2.05, 4.69) is 37.2 Å². The van der Waals surface area contributed by atoms with Gasteiger partial charge in [-0.25, -0.2) is 4.39 Å². The molecule has 1 nitrogen and oxygen atoms in total. The average Bonchev–Trinajstić information content (AvgIpc) is 2.38. The molecule has 0 amide bonds. The summed E-state index contributed by atoms with van der Waals surface area (Å²) in [5.41, 5.74) is 2.82. The lowest BCUT2D eigenvalue weighted by Crippen LogP contribution is -2.19. The first-order valence-electron chi connectivity index (χ1n) is 5.91. The maximum atomic E-state index is 14.0. The summed E-state index contributed by atoms with van der Waals surface area (Å²) in [6.45, 7) is 2.03. The SMILES string of the molecule is CNC(c1ccc(C)c(Br)c1)c1cc(Br)ccc1F. The Morgan fingerprint density at radius 2 is 1.84 bits per heavy atom. The second-order valence-electron chi connectivity index (χ2n) is 4.40. The molecule has 100 valence electrons. The van der Waals surface area contributed by atoms with Gasteiger partial charge in [0.2, 0.25) is 0 Å². The molecular weight excluding hydrogens is 373 g/mol. The molecule has 0 aliphatic rings. The third-order valence-electron chi connectivity index (χ3n) is 3.09. The third-order valence-corrected chi connectivity index (χ3v) is 4.43. The molecule has 0 heterocycles. The molecule has 19 heavy (non-hydrogen) atoms. The van der Waals surface area contributed by atoms with Crippen LogP contribution in [0.5, 0.6) is 0 Å². The third kappa shape index (κ3) is 3.25. The maximum absolute atomic E-state index is 14.0. The van der Waals surface area contributed by atoms with Crippen LogP contribution in [0.25, 0.3) is 0 Å². The highest BCUT2D eigenvalue weighted by molar-refractivity contribution is 9.10.